The zero-order chi connectivity index (χ0) is 10.4. The quantitative estimate of drug-likeness (QED) is 0.844. The third kappa shape index (κ3) is 4.49. The van der Waals surface area contributed by atoms with Crippen LogP contribution in [0.15, 0.2) is 18.3 Å². The first-order chi connectivity index (χ1) is 6.77. The molecule has 0 aliphatic heterocycles. The minimum Gasteiger partial charge on any atom is -0.478 e. The van der Waals surface area contributed by atoms with E-state index >= 15 is 0 Å². The molecule has 0 saturated heterocycles. The molecule has 1 unspecified atom stereocenters. The Kier molecular flexibility index (Phi) is 7.09. The van der Waals surface area contributed by atoms with Crippen molar-refractivity contribution in [2.75, 3.05) is 6.61 Å². The van der Waals surface area contributed by atoms with E-state index in [1.165, 1.54) is 0 Å². The lowest BCUT2D eigenvalue weighted by Crippen LogP contribution is -2.21. The van der Waals surface area contributed by atoms with E-state index in [2.05, 4.69) is 11.9 Å². The fraction of sp³-hybridized carbons (Fsp3) is 0.545. The minimum atomic E-state index is 0. The van der Waals surface area contributed by atoms with Crippen molar-refractivity contribution in [3.8, 4) is 5.88 Å². The average molecular weight is 231 g/mol. The molecule has 0 aromatic carbocycles. The van der Waals surface area contributed by atoms with Crippen LogP contribution in [0, 0.1) is 0 Å². The molecule has 1 atom stereocenters. The molecule has 2 N–H and O–H groups in total. The molecule has 3 nitrogen and oxygen atoms in total. The van der Waals surface area contributed by atoms with Crippen LogP contribution in [-0.4, -0.2) is 17.6 Å². The van der Waals surface area contributed by atoms with E-state index in [1.807, 2.05) is 19.1 Å². The molecular formula is C11H19ClN2O. The molecule has 86 valence electrons. The highest BCUT2D eigenvalue weighted by atomic mass is 35.5. The van der Waals surface area contributed by atoms with Gasteiger partial charge in [-0.3, -0.25) is 0 Å². The van der Waals surface area contributed by atoms with Crippen LogP contribution in [0.3, 0.4) is 0 Å². The number of rotatable bonds is 5. The zero-order valence-electron chi connectivity index (χ0n) is 9.27. The minimum absolute atomic E-state index is 0. The molecule has 0 bridgehead atoms. The van der Waals surface area contributed by atoms with E-state index in [1.54, 1.807) is 6.20 Å². The van der Waals surface area contributed by atoms with Gasteiger partial charge in [0, 0.05) is 17.8 Å². The number of hydrogen-bond acceptors (Lipinski definition) is 3. The summed E-state index contributed by atoms with van der Waals surface area (Å²) in [5.74, 6) is 0.721. The molecule has 0 spiro atoms. The highest BCUT2D eigenvalue weighted by Crippen LogP contribution is 2.16. The Morgan fingerprint density at radius 3 is 2.80 bits per heavy atom. The predicted molar refractivity (Wildman–Crippen MR) is 64.6 cm³/mol. The number of pyridine rings is 1. The lowest BCUT2D eigenvalue weighted by molar-refractivity contribution is 0.322. The molecule has 0 fully saturated rings. The molecule has 0 saturated carbocycles. The van der Waals surface area contributed by atoms with Gasteiger partial charge in [0.1, 0.15) is 0 Å². The second-order valence-electron chi connectivity index (χ2n) is 3.27. The highest BCUT2D eigenvalue weighted by molar-refractivity contribution is 5.85. The molecule has 15 heavy (non-hydrogen) atoms. The molecular weight excluding hydrogens is 212 g/mol. The van der Waals surface area contributed by atoms with Crippen molar-refractivity contribution in [2.45, 2.75) is 32.7 Å². The Hall–Kier alpha value is -0.800. The smallest absolute Gasteiger partial charge is 0.216 e. The summed E-state index contributed by atoms with van der Waals surface area (Å²) >= 11 is 0. The van der Waals surface area contributed by atoms with Crippen molar-refractivity contribution in [2.24, 2.45) is 5.73 Å². The van der Waals surface area contributed by atoms with Gasteiger partial charge in [0.25, 0.3) is 0 Å². The molecule has 0 amide bonds. The van der Waals surface area contributed by atoms with Gasteiger partial charge in [0.2, 0.25) is 5.88 Å². The standard InChI is InChI=1S/C11H18N2O.ClH/c1-3-10(12)8-9-6-5-7-13-11(9)14-4-2;/h5-7,10H,3-4,8,12H2,1-2H3;1H. The van der Waals surface area contributed by atoms with Crippen molar-refractivity contribution in [1.29, 1.82) is 0 Å². The summed E-state index contributed by atoms with van der Waals surface area (Å²) in [7, 11) is 0. The van der Waals surface area contributed by atoms with Gasteiger partial charge < -0.3 is 10.5 Å². The zero-order valence-corrected chi connectivity index (χ0v) is 10.1. The first-order valence-corrected chi connectivity index (χ1v) is 5.10. The van der Waals surface area contributed by atoms with E-state index in [9.17, 15) is 0 Å². The second kappa shape index (κ2) is 7.49. The van der Waals surface area contributed by atoms with Crippen LogP contribution in [0.25, 0.3) is 0 Å². The van der Waals surface area contributed by atoms with Gasteiger partial charge in [-0.25, -0.2) is 4.98 Å². The Morgan fingerprint density at radius 2 is 2.20 bits per heavy atom. The van der Waals surface area contributed by atoms with Gasteiger partial charge in [0.15, 0.2) is 0 Å². The van der Waals surface area contributed by atoms with E-state index < -0.39 is 0 Å². The van der Waals surface area contributed by atoms with Crippen LogP contribution in [-0.2, 0) is 6.42 Å². The summed E-state index contributed by atoms with van der Waals surface area (Å²) in [5, 5.41) is 0. The largest absolute Gasteiger partial charge is 0.478 e. The van der Waals surface area contributed by atoms with Gasteiger partial charge in [-0.2, -0.15) is 0 Å². The van der Waals surface area contributed by atoms with E-state index in [-0.39, 0.29) is 18.4 Å². The summed E-state index contributed by atoms with van der Waals surface area (Å²) in [6.07, 6.45) is 3.55. The number of aromatic nitrogens is 1. The van der Waals surface area contributed by atoms with Crippen molar-refractivity contribution in [3.63, 3.8) is 0 Å². The Balaban J connectivity index is 0.00000196. The molecule has 0 aliphatic rings. The van der Waals surface area contributed by atoms with Crippen molar-refractivity contribution in [3.05, 3.63) is 23.9 Å². The fourth-order valence-electron chi connectivity index (χ4n) is 1.27. The fourth-order valence-corrected chi connectivity index (χ4v) is 1.27. The SMILES string of the molecule is CCOc1ncccc1CC(N)CC.Cl. The van der Waals surface area contributed by atoms with Crippen LogP contribution in [0.4, 0.5) is 0 Å². The lowest BCUT2D eigenvalue weighted by atomic mass is 10.1. The van der Waals surface area contributed by atoms with Crippen molar-refractivity contribution >= 4 is 12.4 Å². The molecule has 1 aromatic rings. The highest BCUT2D eigenvalue weighted by Gasteiger charge is 2.07. The van der Waals surface area contributed by atoms with Gasteiger partial charge in [-0.1, -0.05) is 13.0 Å². The van der Waals surface area contributed by atoms with E-state index in [4.69, 9.17) is 10.5 Å². The number of nitrogens with two attached hydrogens (primary N) is 1. The van der Waals surface area contributed by atoms with Gasteiger partial charge in [-0.15, -0.1) is 12.4 Å². The summed E-state index contributed by atoms with van der Waals surface area (Å²) in [6.45, 7) is 4.69. The number of halogens is 1. The second-order valence-corrected chi connectivity index (χ2v) is 3.27. The summed E-state index contributed by atoms with van der Waals surface area (Å²) in [4.78, 5) is 4.18. The van der Waals surface area contributed by atoms with E-state index in [0.29, 0.717) is 6.61 Å². The Labute approximate surface area is 97.4 Å². The first-order valence-electron chi connectivity index (χ1n) is 5.10. The maximum atomic E-state index is 5.89. The van der Waals surface area contributed by atoms with Gasteiger partial charge in [-0.05, 0) is 25.8 Å². The van der Waals surface area contributed by atoms with Crippen LogP contribution >= 0.6 is 12.4 Å². The van der Waals surface area contributed by atoms with Crippen LogP contribution in [0.2, 0.25) is 0 Å². The summed E-state index contributed by atoms with van der Waals surface area (Å²) in [6, 6.07) is 4.13. The Morgan fingerprint density at radius 1 is 1.47 bits per heavy atom. The molecule has 0 radical (unpaired) electrons. The van der Waals surface area contributed by atoms with Crippen LogP contribution in [0.1, 0.15) is 25.8 Å². The first kappa shape index (κ1) is 14.2. The maximum Gasteiger partial charge on any atom is 0.216 e. The summed E-state index contributed by atoms with van der Waals surface area (Å²) in [5.41, 5.74) is 6.99. The third-order valence-corrected chi connectivity index (χ3v) is 2.14. The normalized spacial score (nSPS) is 11.7. The van der Waals surface area contributed by atoms with Crippen LogP contribution in [0.5, 0.6) is 5.88 Å². The van der Waals surface area contributed by atoms with Crippen molar-refractivity contribution < 1.29 is 4.74 Å². The molecule has 0 aliphatic carbocycles. The molecule has 1 heterocycles. The topological polar surface area (TPSA) is 48.1 Å². The Bertz CT molecular complexity index is 281. The average Bonchev–Trinajstić information content (AvgIpc) is 2.21. The number of ether oxygens (including phenoxy) is 1. The monoisotopic (exact) mass is 230 g/mol. The number of nitrogens with zero attached hydrogens (tertiary/aromatic N) is 1. The lowest BCUT2D eigenvalue weighted by Gasteiger charge is -2.11. The number of hydrogen-bond donors (Lipinski definition) is 1. The van der Waals surface area contributed by atoms with Gasteiger partial charge in [0.05, 0.1) is 6.61 Å². The predicted octanol–water partition coefficient (Wildman–Crippen LogP) is 2.18. The van der Waals surface area contributed by atoms with Crippen LogP contribution < -0.4 is 10.5 Å². The summed E-state index contributed by atoms with van der Waals surface area (Å²) < 4.78 is 5.42. The molecule has 1 aromatic heterocycles. The van der Waals surface area contributed by atoms with Crippen molar-refractivity contribution in [1.82, 2.24) is 4.98 Å². The molecule has 4 heteroatoms. The van der Waals surface area contributed by atoms with Gasteiger partial charge >= 0.3 is 0 Å². The third-order valence-electron chi connectivity index (χ3n) is 2.14. The maximum absolute atomic E-state index is 5.89. The van der Waals surface area contributed by atoms with E-state index in [0.717, 1.165) is 24.3 Å². The molecule has 1 rings (SSSR count).